The van der Waals surface area contributed by atoms with Gasteiger partial charge >= 0.3 is 5.97 Å². The predicted octanol–water partition coefficient (Wildman–Crippen LogP) is 1.46. The maximum absolute atomic E-state index is 12.9. The second-order valence-corrected chi connectivity index (χ2v) is 2.38. The molecule has 1 aromatic carbocycles. The number of halogens is 1. The second-order valence-electron chi connectivity index (χ2n) is 2.38. The Morgan fingerprint density at radius 2 is 2.15 bits per heavy atom. The van der Waals surface area contributed by atoms with Crippen LogP contribution in [0.1, 0.15) is 5.56 Å². The van der Waals surface area contributed by atoms with Crippen LogP contribution in [-0.4, -0.2) is 11.1 Å². The smallest absolute Gasteiger partial charge is 0.381 e. The summed E-state index contributed by atoms with van der Waals surface area (Å²) in [5, 5.41) is 8.19. The first-order chi connectivity index (χ1) is 6.20. The molecule has 2 nitrogen and oxygen atoms in total. The lowest BCUT2D eigenvalue weighted by Gasteiger charge is -1.94. The second kappa shape index (κ2) is 4.27. The number of carboxylic acid groups (broad SMARTS) is 1. The van der Waals surface area contributed by atoms with Gasteiger partial charge in [0, 0.05) is 12.3 Å². The average Bonchev–Trinajstić information content (AvgIpc) is 2.08. The lowest BCUT2D eigenvalue weighted by Crippen LogP contribution is -1.90. The molecule has 1 N–H and O–H groups in total. The molecule has 13 heavy (non-hydrogen) atoms. The minimum atomic E-state index is -1.20. The Bertz CT molecular complexity index is 374. The number of carbonyl (C=O) groups is 1. The molecule has 1 rings (SSSR count). The van der Waals surface area contributed by atoms with Gasteiger partial charge in [-0.2, -0.15) is 0 Å². The van der Waals surface area contributed by atoms with Crippen LogP contribution in [0.15, 0.2) is 24.3 Å². The molecule has 0 spiro atoms. The third kappa shape index (κ3) is 2.96. The van der Waals surface area contributed by atoms with Crippen molar-refractivity contribution in [1.29, 1.82) is 0 Å². The first kappa shape index (κ1) is 9.27. The van der Waals surface area contributed by atoms with Gasteiger partial charge in [-0.1, -0.05) is 24.1 Å². The lowest BCUT2D eigenvalue weighted by molar-refractivity contribution is -0.130. The molecule has 0 amide bonds. The van der Waals surface area contributed by atoms with Gasteiger partial charge in [0.2, 0.25) is 0 Å². The van der Waals surface area contributed by atoms with E-state index in [0.29, 0.717) is 5.56 Å². The van der Waals surface area contributed by atoms with Gasteiger partial charge in [-0.05, 0) is 11.6 Å². The summed E-state index contributed by atoms with van der Waals surface area (Å²) in [5.74, 6) is 2.72. The zero-order valence-corrected chi connectivity index (χ0v) is 6.75. The molecule has 0 saturated carbocycles. The van der Waals surface area contributed by atoms with Gasteiger partial charge in [0.05, 0.1) is 0 Å². The molecule has 0 aliphatic carbocycles. The van der Waals surface area contributed by atoms with Crippen molar-refractivity contribution >= 4 is 5.97 Å². The molecule has 0 aliphatic heterocycles. The zero-order valence-electron chi connectivity index (χ0n) is 6.75. The van der Waals surface area contributed by atoms with E-state index in [1.807, 2.05) is 5.92 Å². The van der Waals surface area contributed by atoms with E-state index in [2.05, 4.69) is 5.92 Å². The molecule has 3 heteroatoms. The van der Waals surface area contributed by atoms with Crippen molar-refractivity contribution in [2.24, 2.45) is 0 Å². The quantitative estimate of drug-likeness (QED) is 0.661. The maximum Gasteiger partial charge on any atom is 0.381 e. The number of aliphatic carboxylic acids is 1. The molecule has 0 aliphatic rings. The van der Waals surface area contributed by atoms with E-state index in [1.54, 1.807) is 18.2 Å². The van der Waals surface area contributed by atoms with Crippen LogP contribution in [0.5, 0.6) is 0 Å². The van der Waals surface area contributed by atoms with E-state index >= 15 is 0 Å². The van der Waals surface area contributed by atoms with Crippen molar-refractivity contribution in [1.82, 2.24) is 0 Å². The summed E-state index contributed by atoms with van der Waals surface area (Å²) in [6, 6.07) is 6.15. The number of hydrogen-bond donors (Lipinski definition) is 1. The predicted molar refractivity (Wildman–Crippen MR) is 45.5 cm³/mol. The van der Waals surface area contributed by atoms with Gasteiger partial charge in [0.15, 0.2) is 0 Å². The Hall–Kier alpha value is -1.82. The van der Waals surface area contributed by atoms with Crippen LogP contribution >= 0.6 is 0 Å². The normalized spacial score (nSPS) is 8.69. The first-order valence-corrected chi connectivity index (χ1v) is 3.65. The summed E-state index contributed by atoms with van der Waals surface area (Å²) in [7, 11) is 0. The highest BCUT2D eigenvalue weighted by Crippen LogP contribution is 2.05. The highest BCUT2D eigenvalue weighted by Gasteiger charge is 1.96. The minimum Gasteiger partial charge on any atom is -0.472 e. The van der Waals surface area contributed by atoms with Crippen LogP contribution in [0.4, 0.5) is 4.39 Å². The fourth-order valence-corrected chi connectivity index (χ4v) is 0.857. The molecule has 66 valence electrons. The van der Waals surface area contributed by atoms with Gasteiger partial charge in [-0.15, -0.1) is 0 Å². The SMILES string of the molecule is O=C(O)C#CCc1ccccc1F. The Labute approximate surface area is 75.0 Å². The summed E-state index contributed by atoms with van der Waals surface area (Å²) < 4.78 is 12.9. The minimum absolute atomic E-state index is 0.124. The van der Waals surface area contributed by atoms with E-state index in [9.17, 15) is 9.18 Å². The van der Waals surface area contributed by atoms with E-state index in [1.165, 1.54) is 6.07 Å². The van der Waals surface area contributed by atoms with Gasteiger partial charge in [-0.3, -0.25) is 0 Å². The maximum atomic E-state index is 12.9. The summed E-state index contributed by atoms with van der Waals surface area (Å²) in [6.07, 6.45) is 0.124. The fraction of sp³-hybridized carbons (Fsp3) is 0.100. The molecule has 0 atom stereocenters. The Morgan fingerprint density at radius 1 is 1.46 bits per heavy atom. The molecule has 0 heterocycles. The largest absolute Gasteiger partial charge is 0.472 e. The standard InChI is InChI=1S/C10H7FO2/c11-9-6-2-1-4-8(9)5-3-7-10(12)13/h1-2,4,6H,5H2,(H,12,13). The Kier molecular flexibility index (Phi) is 3.04. The summed E-state index contributed by atoms with van der Waals surface area (Å²) >= 11 is 0. The molecular weight excluding hydrogens is 171 g/mol. The summed E-state index contributed by atoms with van der Waals surface area (Å²) in [6.45, 7) is 0. The number of benzene rings is 1. The van der Waals surface area contributed by atoms with Crippen molar-refractivity contribution in [3.05, 3.63) is 35.6 Å². The summed E-state index contributed by atoms with van der Waals surface area (Å²) in [4.78, 5) is 10.0. The average molecular weight is 178 g/mol. The fourth-order valence-electron chi connectivity index (χ4n) is 0.857. The highest BCUT2D eigenvalue weighted by atomic mass is 19.1. The van der Waals surface area contributed by atoms with Crippen LogP contribution in [-0.2, 0) is 11.2 Å². The zero-order chi connectivity index (χ0) is 9.68. The topological polar surface area (TPSA) is 37.3 Å². The van der Waals surface area contributed by atoms with E-state index in [0.717, 1.165) is 0 Å². The Balaban J connectivity index is 2.72. The molecule has 0 fully saturated rings. The molecule has 1 aromatic rings. The van der Waals surface area contributed by atoms with Crippen LogP contribution in [0.2, 0.25) is 0 Å². The molecule has 0 saturated heterocycles. The molecule has 0 radical (unpaired) electrons. The number of carboxylic acids is 1. The first-order valence-electron chi connectivity index (χ1n) is 3.65. The molecule has 0 aromatic heterocycles. The van der Waals surface area contributed by atoms with E-state index in [-0.39, 0.29) is 12.2 Å². The third-order valence-electron chi connectivity index (χ3n) is 1.43. The van der Waals surface area contributed by atoms with Gasteiger partial charge < -0.3 is 5.11 Å². The van der Waals surface area contributed by atoms with E-state index < -0.39 is 5.97 Å². The van der Waals surface area contributed by atoms with Crippen molar-refractivity contribution in [3.8, 4) is 11.8 Å². The van der Waals surface area contributed by atoms with Crippen molar-refractivity contribution < 1.29 is 14.3 Å². The molecule has 0 unspecified atom stereocenters. The van der Waals surface area contributed by atoms with Gasteiger partial charge in [0.1, 0.15) is 5.82 Å². The number of hydrogen-bond acceptors (Lipinski definition) is 1. The van der Waals surface area contributed by atoms with Gasteiger partial charge in [-0.25, -0.2) is 9.18 Å². The van der Waals surface area contributed by atoms with Crippen molar-refractivity contribution in [3.63, 3.8) is 0 Å². The lowest BCUT2D eigenvalue weighted by atomic mass is 10.1. The van der Waals surface area contributed by atoms with Crippen LogP contribution in [0.25, 0.3) is 0 Å². The van der Waals surface area contributed by atoms with Gasteiger partial charge in [0.25, 0.3) is 0 Å². The monoisotopic (exact) mass is 178 g/mol. The number of rotatable bonds is 1. The molecule has 0 bridgehead atoms. The van der Waals surface area contributed by atoms with Crippen LogP contribution < -0.4 is 0 Å². The Morgan fingerprint density at radius 3 is 2.77 bits per heavy atom. The molecular formula is C10H7FO2. The van der Waals surface area contributed by atoms with Crippen molar-refractivity contribution in [2.45, 2.75) is 6.42 Å². The van der Waals surface area contributed by atoms with Crippen LogP contribution in [0.3, 0.4) is 0 Å². The third-order valence-corrected chi connectivity index (χ3v) is 1.43. The van der Waals surface area contributed by atoms with Crippen LogP contribution in [0, 0.1) is 17.7 Å². The van der Waals surface area contributed by atoms with Crippen molar-refractivity contribution in [2.75, 3.05) is 0 Å². The highest BCUT2D eigenvalue weighted by molar-refractivity contribution is 5.86. The van der Waals surface area contributed by atoms with E-state index in [4.69, 9.17) is 5.11 Å². The summed E-state index contributed by atoms with van der Waals surface area (Å²) in [5.41, 5.74) is 0.413.